The maximum Gasteiger partial charge on any atom is 0.107 e. The smallest absolute Gasteiger partial charge is 0.107 e. The number of nitrogens with two attached hydrogens (primary N) is 1. The number of furan rings is 1. The topological polar surface area (TPSA) is 39.2 Å². The molecule has 0 saturated heterocycles. The van der Waals surface area contributed by atoms with Crippen molar-refractivity contribution in [2.75, 3.05) is 0 Å². The second-order valence-corrected chi connectivity index (χ2v) is 5.73. The zero-order chi connectivity index (χ0) is 11.8. The van der Waals surface area contributed by atoms with Crippen LogP contribution >= 0.6 is 15.9 Å². The number of halogens is 1. The molecule has 2 aliphatic rings. The summed E-state index contributed by atoms with van der Waals surface area (Å²) in [5, 5.41) is 0. The van der Waals surface area contributed by atoms with E-state index >= 15 is 0 Å². The van der Waals surface area contributed by atoms with Crippen molar-refractivity contribution in [2.45, 2.75) is 37.6 Å². The van der Waals surface area contributed by atoms with Crippen LogP contribution in [0.5, 0.6) is 0 Å². The Bertz CT molecular complexity index is 486. The van der Waals surface area contributed by atoms with Crippen LogP contribution in [0.15, 0.2) is 33.4 Å². The lowest BCUT2D eigenvalue weighted by atomic mass is 9.84. The van der Waals surface area contributed by atoms with Crippen LogP contribution in [0.2, 0.25) is 0 Å². The molecule has 0 bridgehead atoms. The molecule has 0 amide bonds. The molecule has 2 nitrogen and oxygen atoms in total. The van der Waals surface area contributed by atoms with E-state index in [0.29, 0.717) is 0 Å². The van der Waals surface area contributed by atoms with E-state index in [9.17, 15) is 0 Å². The van der Waals surface area contributed by atoms with Gasteiger partial charge in [0, 0.05) is 28.4 Å². The Morgan fingerprint density at radius 2 is 2.12 bits per heavy atom. The molecule has 1 heterocycles. The van der Waals surface area contributed by atoms with Crippen molar-refractivity contribution in [2.24, 2.45) is 5.73 Å². The third kappa shape index (κ3) is 2.02. The van der Waals surface area contributed by atoms with E-state index in [-0.39, 0.29) is 12.0 Å². The quantitative estimate of drug-likeness (QED) is 0.862. The molecule has 2 N–H and O–H groups in total. The molecule has 3 heteroatoms. The molecule has 2 aliphatic carbocycles. The highest BCUT2D eigenvalue weighted by molar-refractivity contribution is 9.11. The van der Waals surface area contributed by atoms with E-state index in [2.05, 4.69) is 28.1 Å². The van der Waals surface area contributed by atoms with Crippen LogP contribution in [0, 0.1) is 0 Å². The summed E-state index contributed by atoms with van der Waals surface area (Å²) in [7, 11) is 0. The van der Waals surface area contributed by atoms with Crippen LogP contribution in [-0.4, -0.2) is 6.04 Å². The lowest BCUT2D eigenvalue weighted by Crippen LogP contribution is -2.27. The molecular weight excluding hydrogens is 278 g/mol. The van der Waals surface area contributed by atoms with Gasteiger partial charge in [-0.1, -0.05) is 34.2 Å². The summed E-state index contributed by atoms with van der Waals surface area (Å²) in [4.78, 5) is 0. The predicted molar refractivity (Wildman–Crippen MR) is 72.2 cm³/mol. The number of allylic oxidation sites excluding steroid dienone is 2. The highest BCUT2D eigenvalue weighted by Gasteiger charge is 2.26. The number of aryl methyl sites for hydroxylation is 1. The van der Waals surface area contributed by atoms with Crippen LogP contribution in [-0.2, 0) is 12.8 Å². The third-order valence-corrected chi connectivity index (χ3v) is 4.21. The Balaban J connectivity index is 1.99. The molecule has 90 valence electrons. The SMILES string of the molecule is NC1C=CC(Br)=CC1c1coc2c1CCCC2. The zero-order valence-electron chi connectivity index (χ0n) is 9.66. The van der Waals surface area contributed by atoms with E-state index in [1.165, 1.54) is 29.7 Å². The first-order valence-electron chi connectivity index (χ1n) is 6.16. The van der Waals surface area contributed by atoms with Gasteiger partial charge in [0.25, 0.3) is 0 Å². The minimum absolute atomic E-state index is 0.0555. The highest BCUT2D eigenvalue weighted by atomic mass is 79.9. The Kier molecular flexibility index (Phi) is 2.97. The van der Waals surface area contributed by atoms with Gasteiger partial charge in [-0.15, -0.1) is 0 Å². The molecule has 0 fully saturated rings. The van der Waals surface area contributed by atoms with E-state index in [1.54, 1.807) is 0 Å². The fourth-order valence-corrected chi connectivity index (χ4v) is 3.19. The van der Waals surface area contributed by atoms with Crippen molar-refractivity contribution < 1.29 is 4.42 Å². The lowest BCUT2D eigenvalue weighted by Gasteiger charge is -2.22. The van der Waals surface area contributed by atoms with Crippen molar-refractivity contribution in [3.8, 4) is 0 Å². The maximum absolute atomic E-state index is 6.17. The molecule has 3 rings (SSSR count). The Morgan fingerprint density at radius 1 is 1.29 bits per heavy atom. The lowest BCUT2D eigenvalue weighted by molar-refractivity contribution is 0.477. The van der Waals surface area contributed by atoms with Gasteiger partial charge in [-0.3, -0.25) is 0 Å². The van der Waals surface area contributed by atoms with Crippen molar-refractivity contribution in [3.05, 3.63) is 45.9 Å². The molecule has 1 aromatic rings. The van der Waals surface area contributed by atoms with Crippen LogP contribution in [0.3, 0.4) is 0 Å². The van der Waals surface area contributed by atoms with Gasteiger partial charge < -0.3 is 10.2 Å². The summed E-state index contributed by atoms with van der Waals surface area (Å²) in [6.45, 7) is 0. The molecule has 0 saturated carbocycles. The molecule has 2 unspecified atom stereocenters. The van der Waals surface area contributed by atoms with E-state index in [0.717, 1.165) is 17.3 Å². The first kappa shape index (κ1) is 11.3. The summed E-state index contributed by atoms with van der Waals surface area (Å²) >= 11 is 3.53. The van der Waals surface area contributed by atoms with Gasteiger partial charge in [-0.05, 0) is 24.8 Å². The fourth-order valence-electron chi connectivity index (χ4n) is 2.76. The summed E-state index contributed by atoms with van der Waals surface area (Å²) in [5.74, 6) is 1.43. The molecule has 1 aromatic heterocycles. The monoisotopic (exact) mass is 293 g/mol. The van der Waals surface area contributed by atoms with E-state index < -0.39 is 0 Å². The van der Waals surface area contributed by atoms with Gasteiger partial charge in [0.15, 0.2) is 0 Å². The van der Waals surface area contributed by atoms with Gasteiger partial charge in [0.2, 0.25) is 0 Å². The normalized spacial score (nSPS) is 27.8. The first-order valence-corrected chi connectivity index (χ1v) is 6.95. The second kappa shape index (κ2) is 4.46. The molecule has 0 radical (unpaired) electrons. The third-order valence-electron chi connectivity index (χ3n) is 3.68. The molecule has 0 aliphatic heterocycles. The van der Waals surface area contributed by atoms with Gasteiger partial charge in [-0.2, -0.15) is 0 Å². The second-order valence-electron chi connectivity index (χ2n) is 4.81. The van der Waals surface area contributed by atoms with Crippen LogP contribution in [0.4, 0.5) is 0 Å². The maximum atomic E-state index is 6.17. The summed E-state index contributed by atoms with van der Waals surface area (Å²) in [5.41, 5.74) is 8.86. The van der Waals surface area contributed by atoms with Gasteiger partial charge in [0.05, 0.1) is 6.26 Å². The van der Waals surface area contributed by atoms with Crippen molar-refractivity contribution >= 4 is 15.9 Å². The van der Waals surface area contributed by atoms with Crippen LogP contribution in [0.25, 0.3) is 0 Å². The van der Waals surface area contributed by atoms with Crippen LogP contribution in [0.1, 0.15) is 35.6 Å². The van der Waals surface area contributed by atoms with Gasteiger partial charge in [-0.25, -0.2) is 0 Å². The largest absolute Gasteiger partial charge is 0.469 e. The minimum atomic E-state index is 0.0555. The average molecular weight is 294 g/mol. The van der Waals surface area contributed by atoms with E-state index in [4.69, 9.17) is 10.2 Å². The predicted octanol–water partition coefficient (Wildman–Crippen LogP) is 3.42. The van der Waals surface area contributed by atoms with Crippen LogP contribution < -0.4 is 5.73 Å². The number of hydrogen-bond acceptors (Lipinski definition) is 2. The van der Waals surface area contributed by atoms with Gasteiger partial charge >= 0.3 is 0 Å². The molecule has 0 aromatic carbocycles. The molecule has 17 heavy (non-hydrogen) atoms. The first-order chi connectivity index (χ1) is 8.25. The Hall–Kier alpha value is -0.800. The minimum Gasteiger partial charge on any atom is -0.469 e. The molecule has 2 atom stereocenters. The Morgan fingerprint density at radius 3 is 3.00 bits per heavy atom. The summed E-state index contributed by atoms with van der Waals surface area (Å²) < 4.78 is 6.81. The molecular formula is C14H16BrNO. The highest BCUT2D eigenvalue weighted by Crippen LogP contribution is 2.36. The van der Waals surface area contributed by atoms with Crippen molar-refractivity contribution in [3.63, 3.8) is 0 Å². The fraction of sp³-hybridized carbons (Fsp3) is 0.429. The van der Waals surface area contributed by atoms with Crippen molar-refractivity contribution in [1.82, 2.24) is 0 Å². The number of rotatable bonds is 1. The standard InChI is InChI=1S/C14H16BrNO/c15-9-5-6-13(16)11(7-9)12-8-17-14-4-2-1-3-10(12)14/h5-8,11,13H,1-4,16H2. The number of hydrogen-bond donors (Lipinski definition) is 1. The molecule has 0 spiro atoms. The summed E-state index contributed by atoms with van der Waals surface area (Å²) in [6.07, 6.45) is 12.9. The zero-order valence-corrected chi connectivity index (χ0v) is 11.2. The van der Waals surface area contributed by atoms with Gasteiger partial charge in [0.1, 0.15) is 5.76 Å². The van der Waals surface area contributed by atoms with E-state index in [1.807, 2.05) is 12.3 Å². The number of fused-ring (bicyclic) bond motifs is 1. The summed E-state index contributed by atoms with van der Waals surface area (Å²) in [6, 6.07) is 0.0555. The Labute approximate surface area is 110 Å². The average Bonchev–Trinajstić information content (AvgIpc) is 2.76. The van der Waals surface area contributed by atoms with Crippen molar-refractivity contribution in [1.29, 1.82) is 0 Å².